The molecule has 6 nitrogen and oxygen atoms in total. The third-order valence-corrected chi connectivity index (χ3v) is 3.65. The molecule has 0 saturated heterocycles. The molecule has 1 aromatic rings. The van der Waals surface area contributed by atoms with Gasteiger partial charge in [0.25, 0.3) is 5.91 Å². The zero-order chi connectivity index (χ0) is 15.3. The van der Waals surface area contributed by atoms with Gasteiger partial charge in [0, 0.05) is 16.5 Å². The Balaban J connectivity index is 2.83. The number of aliphatic carboxylic acids is 1. The van der Waals surface area contributed by atoms with Gasteiger partial charge in [-0.25, -0.2) is 4.79 Å². The van der Waals surface area contributed by atoms with Crippen LogP contribution in [0.25, 0.3) is 0 Å². The number of nitrogens with two attached hydrogens (primary N) is 1. The summed E-state index contributed by atoms with van der Waals surface area (Å²) in [5, 5.41) is 11.4. The summed E-state index contributed by atoms with van der Waals surface area (Å²) < 4.78 is 0.758. The quantitative estimate of drug-likeness (QED) is 0.721. The maximum absolute atomic E-state index is 12.1. The molecule has 0 bridgehead atoms. The average Bonchev–Trinajstić information content (AvgIpc) is 2.36. The fourth-order valence-electron chi connectivity index (χ4n) is 1.63. The first-order valence-electron chi connectivity index (χ1n) is 5.90. The van der Waals surface area contributed by atoms with E-state index in [-0.39, 0.29) is 12.8 Å². The van der Waals surface area contributed by atoms with Crippen molar-refractivity contribution in [2.45, 2.75) is 25.8 Å². The van der Waals surface area contributed by atoms with Gasteiger partial charge in [-0.05, 0) is 31.0 Å². The first-order chi connectivity index (χ1) is 9.32. The molecule has 0 aromatic heterocycles. The van der Waals surface area contributed by atoms with Crippen LogP contribution in [0.2, 0.25) is 0 Å². The summed E-state index contributed by atoms with van der Waals surface area (Å²) in [5.41, 5.74) is 6.07. The lowest BCUT2D eigenvalue weighted by Gasteiger charge is -2.15. The number of carboxylic acids is 1. The van der Waals surface area contributed by atoms with Crippen molar-refractivity contribution in [3.05, 3.63) is 33.8 Å². The molecular formula is C13H15BrN2O4. The topological polar surface area (TPSA) is 109 Å². The van der Waals surface area contributed by atoms with E-state index in [0.29, 0.717) is 11.1 Å². The zero-order valence-electron chi connectivity index (χ0n) is 10.9. The van der Waals surface area contributed by atoms with Gasteiger partial charge in [0.2, 0.25) is 5.91 Å². The SMILES string of the molecule is Cc1c(Br)cccc1C(=O)NC(CCC(N)=O)C(=O)O. The molecule has 7 heteroatoms. The third-order valence-electron chi connectivity index (χ3n) is 2.80. The number of carboxylic acid groups (broad SMARTS) is 1. The Labute approximate surface area is 124 Å². The molecule has 0 heterocycles. The Kier molecular flexibility index (Phi) is 5.69. The molecule has 0 aliphatic carbocycles. The molecular weight excluding hydrogens is 328 g/mol. The van der Waals surface area contributed by atoms with Crippen molar-refractivity contribution in [3.8, 4) is 0 Å². The highest BCUT2D eigenvalue weighted by Crippen LogP contribution is 2.19. The number of amides is 2. The van der Waals surface area contributed by atoms with Gasteiger partial charge in [0.15, 0.2) is 0 Å². The van der Waals surface area contributed by atoms with Crippen LogP contribution in [0.4, 0.5) is 0 Å². The van der Waals surface area contributed by atoms with Crippen LogP contribution in [0, 0.1) is 6.92 Å². The minimum absolute atomic E-state index is 0.0382. The lowest BCUT2D eigenvalue weighted by molar-refractivity contribution is -0.139. The molecule has 0 saturated carbocycles. The van der Waals surface area contributed by atoms with Crippen molar-refractivity contribution >= 4 is 33.7 Å². The molecule has 0 aliphatic rings. The first kappa shape index (κ1) is 16.2. The van der Waals surface area contributed by atoms with E-state index in [1.807, 2.05) is 0 Å². The summed E-state index contributed by atoms with van der Waals surface area (Å²) >= 11 is 3.30. The van der Waals surface area contributed by atoms with Crippen molar-refractivity contribution in [1.29, 1.82) is 0 Å². The lowest BCUT2D eigenvalue weighted by Crippen LogP contribution is -2.41. The van der Waals surface area contributed by atoms with Gasteiger partial charge in [-0.3, -0.25) is 9.59 Å². The predicted octanol–water partition coefficient (Wildman–Crippen LogP) is 1.21. The van der Waals surface area contributed by atoms with Crippen LogP contribution in [0.15, 0.2) is 22.7 Å². The minimum Gasteiger partial charge on any atom is -0.480 e. The van der Waals surface area contributed by atoms with E-state index in [2.05, 4.69) is 21.2 Å². The van der Waals surface area contributed by atoms with Gasteiger partial charge < -0.3 is 16.2 Å². The van der Waals surface area contributed by atoms with Crippen molar-refractivity contribution in [2.75, 3.05) is 0 Å². The van der Waals surface area contributed by atoms with Crippen LogP contribution in [0.3, 0.4) is 0 Å². The first-order valence-corrected chi connectivity index (χ1v) is 6.69. The van der Waals surface area contributed by atoms with Crippen LogP contribution in [0.5, 0.6) is 0 Å². The number of hydrogen-bond donors (Lipinski definition) is 3. The van der Waals surface area contributed by atoms with Crippen molar-refractivity contribution in [1.82, 2.24) is 5.32 Å². The Morgan fingerprint density at radius 3 is 2.60 bits per heavy atom. The highest BCUT2D eigenvalue weighted by atomic mass is 79.9. The van der Waals surface area contributed by atoms with Crippen molar-refractivity contribution in [3.63, 3.8) is 0 Å². The number of hydrogen-bond acceptors (Lipinski definition) is 3. The number of carbonyl (C=O) groups excluding carboxylic acids is 2. The number of benzene rings is 1. The third kappa shape index (κ3) is 4.34. The lowest BCUT2D eigenvalue weighted by atomic mass is 10.1. The Morgan fingerprint density at radius 1 is 1.40 bits per heavy atom. The second kappa shape index (κ2) is 7.04. The molecule has 0 fully saturated rings. The van der Waals surface area contributed by atoms with Crippen LogP contribution in [0.1, 0.15) is 28.8 Å². The van der Waals surface area contributed by atoms with Crippen LogP contribution < -0.4 is 11.1 Å². The van der Waals surface area contributed by atoms with Crippen molar-refractivity contribution < 1.29 is 19.5 Å². The van der Waals surface area contributed by atoms with E-state index >= 15 is 0 Å². The largest absolute Gasteiger partial charge is 0.480 e. The average molecular weight is 343 g/mol. The number of nitrogens with one attached hydrogen (secondary N) is 1. The molecule has 0 radical (unpaired) electrons. The molecule has 2 amide bonds. The molecule has 0 spiro atoms. The Hall–Kier alpha value is -1.89. The van der Waals surface area contributed by atoms with Gasteiger partial charge in [0.05, 0.1) is 0 Å². The second-order valence-electron chi connectivity index (χ2n) is 4.28. The highest BCUT2D eigenvalue weighted by molar-refractivity contribution is 9.10. The predicted molar refractivity (Wildman–Crippen MR) is 76.2 cm³/mol. The number of rotatable bonds is 6. The zero-order valence-corrected chi connectivity index (χ0v) is 12.4. The van der Waals surface area contributed by atoms with Gasteiger partial charge in [0.1, 0.15) is 6.04 Å². The smallest absolute Gasteiger partial charge is 0.326 e. The molecule has 108 valence electrons. The second-order valence-corrected chi connectivity index (χ2v) is 5.14. The number of halogens is 1. The van der Waals surface area contributed by atoms with E-state index in [1.165, 1.54) is 0 Å². The van der Waals surface area contributed by atoms with Gasteiger partial charge in [-0.2, -0.15) is 0 Å². The van der Waals surface area contributed by atoms with Crippen LogP contribution in [-0.4, -0.2) is 28.9 Å². The molecule has 1 unspecified atom stereocenters. The monoisotopic (exact) mass is 342 g/mol. The summed E-state index contributed by atoms with van der Waals surface area (Å²) in [6, 6.07) is 3.93. The van der Waals surface area contributed by atoms with Crippen LogP contribution >= 0.6 is 15.9 Å². The van der Waals surface area contributed by atoms with Crippen LogP contribution in [-0.2, 0) is 9.59 Å². The Morgan fingerprint density at radius 2 is 2.05 bits per heavy atom. The highest BCUT2D eigenvalue weighted by Gasteiger charge is 2.22. The maximum atomic E-state index is 12.1. The minimum atomic E-state index is -1.20. The van der Waals surface area contributed by atoms with Crippen molar-refractivity contribution in [2.24, 2.45) is 5.73 Å². The van der Waals surface area contributed by atoms with Gasteiger partial charge in [-0.1, -0.05) is 22.0 Å². The molecule has 0 aliphatic heterocycles. The molecule has 1 atom stereocenters. The van der Waals surface area contributed by atoms with Gasteiger partial charge in [-0.15, -0.1) is 0 Å². The molecule has 1 aromatic carbocycles. The fourth-order valence-corrected chi connectivity index (χ4v) is 2.00. The number of carbonyl (C=O) groups is 3. The molecule has 20 heavy (non-hydrogen) atoms. The fraction of sp³-hybridized carbons (Fsp3) is 0.308. The standard InChI is InChI=1S/C13H15BrN2O4/c1-7-8(3-2-4-9(7)14)12(18)16-10(13(19)20)5-6-11(15)17/h2-4,10H,5-6H2,1H3,(H2,15,17)(H,16,18)(H,19,20). The summed E-state index contributed by atoms with van der Waals surface area (Å²) in [7, 11) is 0. The summed E-state index contributed by atoms with van der Waals surface area (Å²) in [6.45, 7) is 1.75. The van der Waals surface area contributed by atoms with E-state index in [0.717, 1.165) is 4.47 Å². The number of primary amides is 1. The molecule has 4 N–H and O–H groups in total. The maximum Gasteiger partial charge on any atom is 0.326 e. The summed E-state index contributed by atoms with van der Waals surface area (Å²) in [5.74, 6) is -2.31. The van der Waals surface area contributed by atoms with E-state index in [9.17, 15) is 14.4 Å². The van der Waals surface area contributed by atoms with E-state index < -0.39 is 23.8 Å². The van der Waals surface area contributed by atoms with E-state index in [1.54, 1.807) is 25.1 Å². The Bertz CT molecular complexity index is 545. The van der Waals surface area contributed by atoms with E-state index in [4.69, 9.17) is 10.8 Å². The molecule has 1 rings (SSSR count). The summed E-state index contributed by atoms with van der Waals surface area (Å²) in [6.07, 6.45) is -0.141. The summed E-state index contributed by atoms with van der Waals surface area (Å²) in [4.78, 5) is 33.8. The normalized spacial score (nSPS) is 11.7. The van der Waals surface area contributed by atoms with Gasteiger partial charge >= 0.3 is 5.97 Å².